The Morgan fingerprint density at radius 3 is 2.16 bits per heavy atom. The van der Waals surface area contributed by atoms with E-state index in [0.717, 1.165) is 20.7 Å². The van der Waals surface area contributed by atoms with Crippen LogP contribution in [0.1, 0.15) is 18.4 Å². The molecule has 0 bridgehead atoms. The molecule has 132 valence electrons. The van der Waals surface area contributed by atoms with Gasteiger partial charge < -0.3 is 0 Å². The van der Waals surface area contributed by atoms with Gasteiger partial charge in [-0.05, 0) is 0 Å². The first-order chi connectivity index (χ1) is 12.1. The fourth-order valence-corrected chi connectivity index (χ4v) is 6.49. The number of thioether (sulfide) groups is 2. The summed E-state index contributed by atoms with van der Waals surface area (Å²) in [5.74, 6) is -0.163. The summed E-state index contributed by atoms with van der Waals surface area (Å²) in [6.07, 6.45) is 4.00. The zero-order valence-corrected chi connectivity index (χ0v) is 17.8. The van der Waals surface area contributed by atoms with E-state index in [1.165, 1.54) is 16.6 Å². The molecule has 2 rings (SSSR count). The average Bonchev–Trinajstić information content (AvgIpc) is 2.63. The average molecular weight is 439 g/mol. The van der Waals surface area contributed by atoms with Crippen LogP contribution >= 0.6 is 23.5 Å². The predicted octanol–water partition coefficient (Wildman–Crippen LogP) is 4.88. The summed E-state index contributed by atoms with van der Waals surface area (Å²) in [6.45, 7) is 1.63. The Morgan fingerprint density at radius 2 is 1.64 bits per heavy atom. The van der Waals surface area contributed by atoms with E-state index in [1.54, 1.807) is 30.4 Å². The van der Waals surface area contributed by atoms with Crippen molar-refractivity contribution in [2.45, 2.75) is 18.2 Å². The third-order valence-electron chi connectivity index (χ3n) is 3.75. The molecule has 1 nitrogen and oxygen atoms in total. The van der Waals surface area contributed by atoms with E-state index in [4.69, 9.17) is 0 Å². The number of benzene rings is 2. The van der Waals surface area contributed by atoms with Crippen molar-refractivity contribution in [2.75, 3.05) is 12.5 Å². The van der Waals surface area contributed by atoms with E-state index < -0.39 is 0 Å². The number of rotatable bonds is 8. The van der Waals surface area contributed by atoms with Gasteiger partial charge in [0, 0.05) is 0 Å². The molecule has 0 spiro atoms. The Kier molecular flexibility index (Phi) is 8.31. The zero-order chi connectivity index (χ0) is 18.2. The van der Waals surface area contributed by atoms with Crippen LogP contribution in [0.5, 0.6) is 0 Å². The zero-order valence-electron chi connectivity index (χ0n) is 14.5. The molecule has 0 aliphatic rings. The van der Waals surface area contributed by atoms with Gasteiger partial charge in [-0.25, -0.2) is 0 Å². The summed E-state index contributed by atoms with van der Waals surface area (Å²) >= 11 is 3.46. The van der Waals surface area contributed by atoms with E-state index in [0.29, 0.717) is 0 Å². The van der Waals surface area contributed by atoms with E-state index in [9.17, 15) is 9.18 Å². The molecule has 25 heavy (non-hydrogen) atoms. The maximum absolute atomic E-state index is 13.4. The van der Waals surface area contributed by atoms with E-state index in [1.807, 2.05) is 42.8 Å². The fraction of sp³-hybridized carbons (Fsp3) is 0.250. The topological polar surface area (TPSA) is 17.1 Å². The Morgan fingerprint density at radius 1 is 1.04 bits per heavy atom. The van der Waals surface area contributed by atoms with Gasteiger partial charge in [0.05, 0.1) is 0 Å². The van der Waals surface area contributed by atoms with Crippen LogP contribution in [0.15, 0.2) is 64.4 Å². The number of allylic oxidation sites excluding steroid dienone is 1. The van der Waals surface area contributed by atoms with Crippen molar-refractivity contribution < 1.29 is 9.18 Å². The molecule has 0 amide bonds. The second kappa shape index (κ2) is 10.2. The summed E-state index contributed by atoms with van der Waals surface area (Å²) in [6, 6.07) is 16.9. The molecule has 0 saturated carbocycles. The fourth-order valence-electron chi connectivity index (χ4n) is 2.57. The van der Waals surface area contributed by atoms with Crippen LogP contribution < -0.4 is 4.46 Å². The van der Waals surface area contributed by atoms with Crippen molar-refractivity contribution in [1.29, 1.82) is 0 Å². The molecule has 5 heteroatoms. The molecule has 2 aromatic rings. The molecule has 2 aromatic carbocycles. The van der Waals surface area contributed by atoms with Crippen molar-refractivity contribution in [3.8, 4) is 0 Å². The van der Waals surface area contributed by atoms with Gasteiger partial charge in [-0.2, -0.15) is 0 Å². The molecule has 1 atom stereocenters. The predicted molar refractivity (Wildman–Crippen MR) is 111 cm³/mol. The third-order valence-corrected chi connectivity index (χ3v) is 8.25. The minimum atomic E-state index is -0.251. The molecule has 0 aliphatic heterocycles. The second-order valence-electron chi connectivity index (χ2n) is 5.39. The Bertz CT molecular complexity index is 723. The van der Waals surface area contributed by atoms with Crippen molar-refractivity contribution in [3.05, 3.63) is 75.8 Å². The monoisotopic (exact) mass is 440 g/mol. The first-order valence-electron chi connectivity index (χ1n) is 7.83. The van der Waals surface area contributed by atoms with E-state index >= 15 is 0 Å². The molecular formula is C20H21FOS2Se. The number of ketones is 1. The van der Waals surface area contributed by atoms with Gasteiger partial charge in [0.2, 0.25) is 0 Å². The van der Waals surface area contributed by atoms with E-state index in [2.05, 4.69) is 12.1 Å². The number of Topliss-reactive ketones (excluding diaryl/α,β-unsaturated/α-hetero) is 1. The van der Waals surface area contributed by atoms with Crippen molar-refractivity contribution in [3.63, 3.8) is 0 Å². The first kappa shape index (κ1) is 20.3. The Hall–Kier alpha value is -1.00. The van der Waals surface area contributed by atoms with Crippen LogP contribution in [0.3, 0.4) is 0 Å². The standard InChI is InChI=1S/C20H21FOS2Se/c1-14(22)19(20(23-2)24-3)18(15-9-11-16(21)12-10-15)13-25-17-7-5-4-6-8-17/h4-12,18H,13H2,1-3H3. The summed E-state index contributed by atoms with van der Waals surface area (Å²) in [4.78, 5) is 12.4. The number of carbonyl (C=O) groups excluding carboxylic acids is 1. The number of carbonyl (C=O) groups is 1. The summed E-state index contributed by atoms with van der Waals surface area (Å²) in [5, 5.41) is 0.877. The van der Waals surface area contributed by atoms with Crippen LogP contribution in [0.25, 0.3) is 0 Å². The van der Waals surface area contributed by atoms with Gasteiger partial charge in [-0.1, -0.05) is 0 Å². The Balaban J connectivity index is 2.41. The number of halogens is 1. The first-order valence-corrected chi connectivity index (χ1v) is 12.3. The summed E-state index contributed by atoms with van der Waals surface area (Å²) in [5.41, 5.74) is 1.86. The Labute approximate surface area is 164 Å². The molecule has 0 aromatic heterocycles. The number of hydrogen-bond acceptors (Lipinski definition) is 3. The minimum absolute atomic E-state index is 0.00629. The van der Waals surface area contributed by atoms with E-state index in [-0.39, 0.29) is 32.5 Å². The normalized spacial score (nSPS) is 11.8. The maximum atomic E-state index is 13.4. The van der Waals surface area contributed by atoms with Crippen LogP contribution in [0, 0.1) is 5.82 Å². The molecule has 1 unspecified atom stereocenters. The molecule has 0 heterocycles. The molecule has 0 radical (unpaired) electrons. The quantitative estimate of drug-likeness (QED) is 0.431. The van der Waals surface area contributed by atoms with Crippen molar-refractivity contribution in [2.24, 2.45) is 0 Å². The molecular weight excluding hydrogens is 418 g/mol. The molecule has 0 saturated heterocycles. The van der Waals surface area contributed by atoms with Crippen molar-refractivity contribution in [1.82, 2.24) is 0 Å². The second-order valence-corrected chi connectivity index (χ2v) is 9.58. The van der Waals surface area contributed by atoms with Gasteiger partial charge in [0.15, 0.2) is 0 Å². The van der Waals surface area contributed by atoms with Crippen LogP contribution in [0.2, 0.25) is 5.32 Å². The summed E-state index contributed by atoms with van der Waals surface area (Å²) < 4.78 is 15.7. The molecule has 0 N–H and O–H groups in total. The van der Waals surface area contributed by atoms with Crippen molar-refractivity contribution >= 4 is 48.7 Å². The van der Waals surface area contributed by atoms with Gasteiger partial charge in [0.25, 0.3) is 0 Å². The van der Waals surface area contributed by atoms with Gasteiger partial charge in [-0.3, -0.25) is 0 Å². The van der Waals surface area contributed by atoms with Crippen LogP contribution in [-0.4, -0.2) is 33.3 Å². The van der Waals surface area contributed by atoms with Gasteiger partial charge in [-0.15, -0.1) is 0 Å². The SMILES string of the molecule is CSC(SC)=C(C(C)=O)C(C[Se]c1ccccc1)c1ccc(F)cc1. The van der Waals surface area contributed by atoms with Crippen LogP contribution in [-0.2, 0) is 4.79 Å². The summed E-state index contributed by atoms with van der Waals surface area (Å²) in [7, 11) is 0. The molecule has 0 aliphatic carbocycles. The van der Waals surface area contributed by atoms with Gasteiger partial charge in [0.1, 0.15) is 0 Å². The number of hydrogen-bond donors (Lipinski definition) is 0. The van der Waals surface area contributed by atoms with Gasteiger partial charge >= 0.3 is 164 Å². The molecule has 0 fully saturated rings. The van der Waals surface area contributed by atoms with Crippen LogP contribution in [0.4, 0.5) is 4.39 Å². The third kappa shape index (κ3) is 5.75.